The third-order valence-corrected chi connectivity index (χ3v) is 4.26. The standard InChI is InChI=1S/C17H19N3S/c1-11(2)9-14-19-16(18-3)15-13(10-21-17(15)20-14)12-7-5-4-6-8-12/h4-8,10-11H,9H2,1-3H3,(H,18,19,20). The van der Waals surface area contributed by atoms with Crippen molar-refractivity contribution in [2.45, 2.75) is 20.3 Å². The van der Waals surface area contributed by atoms with Crippen molar-refractivity contribution in [3.05, 3.63) is 41.5 Å². The van der Waals surface area contributed by atoms with Gasteiger partial charge in [-0.2, -0.15) is 0 Å². The van der Waals surface area contributed by atoms with Gasteiger partial charge in [-0.05, 0) is 11.5 Å². The van der Waals surface area contributed by atoms with Crippen molar-refractivity contribution in [1.82, 2.24) is 9.97 Å². The van der Waals surface area contributed by atoms with Gasteiger partial charge < -0.3 is 5.32 Å². The van der Waals surface area contributed by atoms with E-state index in [1.54, 1.807) is 11.3 Å². The second-order valence-corrected chi connectivity index (χ2v) is 6.39. The fourth-order valence-corrected chi connectivity index (χ4v) is 3.42. The number of anilines is 1. The predicted octanol–water partition coefficient (Wildman–Crippen LogP) is 4.60. The van der Waals surface area contributed by atoms with Crippen LogP contribution in [0.15, 0.2) is 35.7 Å². The van der Waals surface area contributed by atoms with Crippen molar-refractivity contribution in [2.24, 2.45) is 5.92 Å². The number of fused-ring (bicyclic) bond motifs is 1. The molecular weight excluding hydrogens is 278 g/mol. The average Bonchev–Trinajstić information content (AvgIpc) is 2.90. The number of benzene rings is 1. The number of rotatable bonds is 4. The summed E-state index contributed by atoms with van der Waals surface area (Å²) in [5, 5.41) is 6.54. The Balaban J connectivity index is 2.17. The van der Waals surface area contributed by atoms with Crippen LogP contribution in [0.25, 0.3) is 21.3 Å². The minimum absolute atomic E-state index is 0.556. The number of thiophene rings is 1. The first kappa shape index (κ1) is 14.0. The van der Waals surface area contributed by atoms with Gasteiger partial charge in [-0.15, -0.1) is 11.3 Å². The van der Waals surface area contributed by atoms with Crippen molar-refractivity contribution < 1.29 is 0 Å². The number of nitrogens with zero attached hydrogens (tertiary/aromatic N) is 2. The van der Waals surface area contributed by atoms with Crippen LogP contribution < -0.4 is 5.32 Å². The lowest BCUT2D eigenvalue weighted by atomic mass is 10.1. The molecule has 1 N–H and O–H groups in total. The van der Waals surface area contributed by atoms with Gasteiger partial charge >= 0.3 is 0 Å². The van der Waals surface area contributed by atoms with E-state index >= 15 is 0 Å². The predicted molar refractivity (Wildman–Crippen MR) is 90.9 cm³/mol. The summed E-state index contributed by atoms with van der Waals surface area (Å²) in [5.74, 6) is 2.40. The lowest BCUT2D eigenvalue weighted by molar-refractivity contribution is 0.624. The molecule has 21 heavy (non-hydrogen) atoms. The maximum Gasteiger partial charge on any atom is 0.138 e. The van der Waals surface area contributed by atoms with Crippen molar-refractivity contribution in [3.8, 4) is 11.1 Å². The molecule has 0 spiro atoms. The van der Waals surface area contributed by atoms with Crippen LogP contribution in [0.4, 0.5) is 5.82 Å². The molecule has 3 rings (SSSR count). The highest BCUT2D eigenvalue weighted by Crippen LogP contribution is 2.36. The normalized spacial score (nSPS) is 11.2. The van der Waals surface area contributed by atoms with E-state index in [0.717, 1.165) is 28.3 Å². The van der Waals surface area contributed by atoms with E-state index in [1.807, 2.05) is 13.1 Å². The van der Waals surface area contributed by atoms with Gasteiger partial charge in [-0.1, -0.05) is 44.2 Å². The van der Waals surface area contributed by atoms with Crippen molar-refractivity contribution in [2.75, 3.05) is 12.4 Å². The number of aromatic nitrogens is 2. The van der Waals surface area contributed by atoms with Crippen LogP contribution in [0.2, 0.25) is 0 Å². The van der Waals surface area contributed by atoms with Gasteiger partial charge in [0.05, 0.1) is 5.39 Å². The smallest absolute Gasteiger partial charge is 0.138 e. The van der Waals surface area contributed by atoms with Gasteiger partial charge in [0.15, 0.2) is 0 Å². The zero-order valence-electron chi connectivity index (χ0n) is 12.6. The molecule has 0 aliphatic carbocycles. The minimum atomic E-state index is 0.556. The molecule has 4 heteroatoms. The van der Waals surface area contributed by atoms with Crippen LogP contribution in [-0.4, -0.2) is 17.0 Å². The Morgan fingerprint density at radius 1 is 1.14 bits per heavy atom. The monoisotopic (exact) mass is 297 g/mol. The zero-order chi connectivity index (χ0) is 14.8. The van der Waals surface area contributed by atoms with Gasteiger partial charge in [-0.3, -0.25) is 0 Å². The maximum atomic E-state index is 4.74. The Labute approximate surface area is 129 Å². The SMILES string of the molecule is CNc1nc(CC(C)C)nc2scc(-c3ccccc3)c12. The quantitative estimate of drug-likeness (QED) is 0.765. The van der Waals surface area contributed by atoms with Crippen LogP contribution in [0.3, 0.4) is 0 Å². The molecule has 3 aromatic rings. The largest absolute Gasteiger partial charge is 0.372 e. The van der Waals surface area contributed by atoms with Crippen molar-refractivity contribution in [3.63, 3.8) is 0 Å². The van der Waals surface area contributed by atoms with E-state index in [2.05, 4.69) is 48.8 Å². The molecular formula is C17H19N3S. The second kappa shape index (κ2) is 5.82. The van der Waals surface area contributed by atoms with E-state index < -0.39 is 0 Å². The molecule has 2 heterocycles. The third kappa shape index (κ3) is 2.76. The summed E-state index contributed by atoms with van der Waals surface area (Å²) >= 11 is 1.69. The molecule has 0 radical (unpaired) electrons. The molecule has 0 saturated heterocycles. The Hall–Kier alpha value is -1.94. The van der Waals surface area contributed by atoms with Gasteiger partial charge in [0.1, 0.15) is 16.5 Å². The van der Waals surface area contributed by atoms with Crippen LogP contribution in [0, 0.1) is 5.92 Å². The van der Waals surface area contributed by atoms with Gasteiger partial charge in [0.25, 0.3) is 0 Å². The first-order chi connectivity index (χ1) is 10.2. The highest BCUT2D eigenvalue weighted by atomic mass is 32.1. The van der Waals surface area contributed by atoms with E-state index in [4.69, 9.17) is 9.97 Å². The van der Waals surface area contributed by atoms with Crippen molar-refractivity contribution >= 4 is 27.4 Å². The topological polar surface area (TPSA) is 37.8 Å². The summed E-state index contributed by atoms with van der Waals surface area (Å²) in [6, 6.07) is 10.4. The minimum Gasteiger partial charge on any atom is -0.372 e. The third-order valence-electron chi connectivity index (χ3n) is 3.39. The first-order valence-corrected chi connectivity index (χ1v) is 8.08. The molecule has 0 aliphatic rings. The van der Waals surface area contributed by atoms with Gasteiger partial charge in [-0.25, -0.2) is 9.97 Å². The average molecular weight is 297 g/mol. The molecule has 3 nitrogen and oxygen atoms in total. The van der Waals surface area contributed by atoms with E-state index in [9.17, 15) is 0 Å². The van der Waals surface area contributed by atoms with Crippen LogP contribution in [0.1, 0.15) is 19.7 Å². The molecule has 0 saturated carbocycles. The summed E-state index contributed by atoms with van der Waals surface area (Å²) in [6.45, 7) is 4.38. The van der Waals surface area contributed by atoms with Crippen LogP contribution in [-0.2, 0) is 6.42 Å². The zero-order valence-corrected chi connectivity index (χ0v) is 13.4. The van der Waals surface area contributed by atoms with Crippen LogP contribution in [0.5, 0.6) is 0 Å². The number of hydrogen-bond donors (Lipinski definition) is 1. The molecule has 0 bridgehead atoms. The highest BCUT2D eigenvalue weighted by Gasteiger charge is 2.14. The summed E-state index contributed by atoms with van der Waals surface area (Å²) in [4.78, 5) is 10.5. The summed E-state index contributed by atoms with van der Waals surface area (Å²) < 4.78 is 0. The molecule has 0 amide bonds. The molecule has 0 atom stereocenters. The van der Waals surface area contributed by atoms with Crippen LogP contribution >= 0.6 is 11.3 Å². The van der Waals surface area contributed by atoms with E-state index in [0.29, 0.717) is 5.92 Å². The fourth-order valence-electron chi connectivity index (χ4n) is 2.45. The van der Waals surface area contributed by atoms with E-state index in [-0.39, 0.29) is 0 Å². The maximum absolute atomic E-state index is 4.74. The summed E-state index contributed by atoms with van der Waals surface area (Å²) in [5.41, 5.74) is 2.41. The lowest BCUT2D eigenvalue weighted by Gasteiger charge is -2.09. The molecule has 108 valence electrons. The lowest BCUT2D eigenvalue weighted by Crippen LogP contribution is -2.04. The number of hydrogen-bond acceptors (Lipinski definition) is 4. The van der Waals surface area contributed by atoms with Crippen molar-refractivity contribution in [1.29, 1.82) is 0 Å². The summed E-state index contributed by atoms with van der Waals surface area (Å²) in [6.07, 6.45) is 0.906. The Kier molecular flexibility index (Phi) is 3.88. The summed E-state index contributed by atoms with van der Waals surface area (Å²) in [7, 11) is 1.92. The Morgan fingerprint density at radius 3 is 2.57 bits per heavy atom. The molecule has 0 unspecified atom stereocenters. The van der Waals surface area contributed by atoms with E-state index in [1.165, 1.54) is 11.1 Å². The molecule has 0 aliphatic heterocycles. The molecule has 2 aromatic heterocycles. The first-order valence-electron chi connectivity index (χ1n) is 7.20. The fraction of sp³-hybridized carbons (Fsp3) is 0.294. The highest BCUT2D eigenvalue weighted by molar-refractivity contribution is 7.17. The Morgan fingerprint density at radius 2 is 1.90 bits per heavy atom. The molecule has 1 aromatic carbocycles. The molecule has 0 fully saturated rings. The number of nitrogens with one attached hydrogen (secondary N) is 1. The van der Waals surface area contributed by atoms with Gasteiger partial charge in [0, 0.05) is 24.4 Å². The van der Waals surface area contributed by atoms with Gasteiger partial charge in [0.2, 0.25) is 0 Å². The second-order valence-electron chi connectivity index (χ2n) is 5.53. The Bertz CT molecular complexity index is 747.